The Bertz CT molecular complexity index is 1370. The maximum atomic E-state index is 13.4. The van der Waals surface area contributed by atoms with Crippen molar-refractivity contribution in [2.24, 2.45) is 0 Å². The van der Waals surface area contributed by atoms with Crippen LogP contribution in [-0.4, -0.2) is 10.9 Å². The van der Waals surface area contributed by atoms with E-state index in [4.69, 9.17) is 0 Å². The van der Waals surface area contributed by atoms with Crippen molar-refractivity contribution in [3.8, 4) is 0 Å². The van der Waals surface area contributed by atoms with Crippen molar-refractivity contribution in [3.05, 3.63) is 120 Å². The molecule has 1 amide bonds. The number of nitrogens with zero attached hydrogens (tertiary/aromatic N) is 1. The van der Waals surface area contributed by atoms with Crippen LogP contribution in [0.1, 0.15) is 21.5 Å². The van der Waals surface area contributed by atoms with Crippen LogP contribution in [0, 0.1) is 0 Å². The van der Waals surface area contributed by atoms with E-state index < -0.39 is 0 Å². The summed E-state index contributed by atoms with van der Waals surface area (Å²) in [4.78, 5) is 17.9. The summed E-state index contributed by atoms with van der Waals surface area (Å²) in [5.74, 6) is -0.105. The molecule has 0 radical (unpaired) electrons. The summed E-state index contributed by atoms with van der Waals surface area (Å²) < 4.78 is 0. The number of pyridine rings is 1. The van der Waals surface area contributed by atoms with E-state index >= 15 is 0 Å². The van der Waals surface area contributed by atoms with Gasteiger partial charge in [-0.25, -0.2) is 0 Å². The Morgan fingerprint density at radius 1 is 0.710 bits per heavy atom. The highest BCUT2D eigenvalue weighted by Gasteiger charge is 2.15. The Hall–Kier alpha value is -3.98. The van der Waals surface area contributed by atoms with Gasteiger partial charge >= 0.3 is 0 Å². The molecule has 5 aromatic rings. The first-order valence-corrected chi connectivity index (χ1v) is 10.5. The SMILES string of the molecule is O=C(Nc1cccc2cccnc12)c1cc2ccccc2cc1CCc1ccccc1. The van der Waals surface area contributed by atoms with Gasteiger partial charge in [0.25, 0.3) is 5.91 Å². The molecule has 0 aliphatic carbocycles. The maximum absolute atomic E-state index is 13.4. The second-order valence-corrected chi connectivity index (χ2v) is 7.68. The van der Waals surface area contributed by atoms with Gasteiger partial charge in [-0.3, -0.25) is 9.78 Å². The first kappa shape index (κ1) is 19.0. The summed E-state index contributed by atoms with van der Waals surface area (Å²) in [6.45, 7) is 0. The van der Waals surface area contributed by atoms with E-state index in [1.165, 1.54) is 5.56 Å². The van der Waals surface area contributed by atoms with Gasteiger partial charge in [-0.1, -0.05) is 78.9 Å². The summed E-state index contributed by atoms with van der Waals surface area (Å²) in [6, 6.07) is 32.5. The number of rotatable bonds is 5. The molecule has 1 aromatic heterocycles. The molecule has 1 heterocycles. The van der Waals surface area contributed by atoms with Crippen molar-refractivity contribution < 1.29 is 4.79 Å². The lowest BCUT2D eigenvalue weighted by atomic mass is 9.95. The summed E-state index contributed by atoms with van der Waals surface area (Å²) in [6.07, 6.45) is 3.43. The molecule has 0 unspecified atom stereocenters. The van der Waals surface area contributed by atoms with Crippen molar-refractivity contribution in [1.29, 1.82) is 0 Å². The lowest BCUT2D eigenvalue weighted by molar-refractivity contribution is 0.102. The van der Waals surface area contributed by atoms with Crippen LogP contribution in [0.3, 0.4) is 0 Å². The minimum Gasteiger partial charge on any atom is -0.320 e. The molecule has 3 heteroatoms. The number of hydrogen-bond acceptors (Lipinski definition) is 2. The van der Waals surface area contributed by atoms with Gasteiger partial charge < -0.3 is 5.32 Å². The van der Waals surface area contributed by atoms with Crippen LogP contribution in [0.2, 0.25) is 0 Å². The van der Waals surface area contributed by atoms with E-state index in [-0.39, 0.29) is 5.91 Å². The average molecular weight is 402 g/mol. The van der Waals surface area contributed by atoms with Crippen LogP contribution in [0.25, 0.3) is 21.7 Å². The average Bonchev–Trinajstić information content (AvgIpc) is 2.83. The Kier molecular flexibility index (Phi) is 5.16. The third-order valence-electron chi connectivity index (χ3n) is 5.62. The third-order valence-corrected chi connectivity index (χ3v) is 5.62. The van der Waals surface area contributed by atoms with Crippen LogP contribution in [0.4, 0.5) is 5.69 Å². The minimum atomic E-state index is -0.105. The number of anilines is 1. The molecule has 0 saturated heterocycles. The molecule has 0 atom stereocenters. The molecular formula is C28H22N2O. The van der Waals surface area contributed by atoms with E-state index in [0.717, 1.165) is 45.8 Å². The van der Waals surface area contributed by atoms with E-state index in [0.29, 0.717) is 5.56 Å². The molecule has 0 bridgehead atoms. The highest BCUT2D eigenvalue weighted by atomic mass is 16.1. The number of carbonyl (C=O) groups is 1. The Morgan fingerprint density at radius 2 is 1.42 bits per heavy atom. The highest BCUT2D eigenvalue weighted by Crippen LogP contribution is 2.25. The lowest BCUT2D eigenvalue weighted by Gasteiger charge is -2.13. The predicted octanol–water partition coefficient (Wildman–Crippen LogP) is 6.43. The van der Waals surface area contributed by atoms with E-state index in [1.807, 2.05) is 60.7 Å². The number of benzene rings is 4. The van der Waals surface area contributed by atoms with Crippen LogP contribution in [0.15, 0.2) is 103 Å². The molecule has 0 aliphatic rings. The van der Waals surface area contributed by atoms with E-state index in [2.05, 4.69) is 46.7 Å². The minimum absolute atomic E-state index is 0.105. The third kappa shape index (κ3) is 4.03. The van der Waals surface area contributed by atoms with Crippen LogP contribution >= 0.6 is 0 Å². The maximum Gasteiger partial charge on any atom is 0.256 e. The van der Waals surface area contributed by atoms with Gasteiger partial charge in [-0.2, -0.15) is 0 Å². The molecule has 0 saturated carbocycles. The number of hydrogen-bond donors (Lipinski definition) is 1. The molecule has 5 rings (SSSR count). The van der Waals surface area contributed by atoms with Gasteiger partial charge in [0.15, 0.2) is 0 Å². The molecule has 31 heavy (non-hydrogen) atoms. The van der Waals surface area contributed by atoms with Gasteiger partial charge in [0.05, 0.1) is 11.2 Å². The van der Waals surface area contributed by atoms with Gasteiger partial charge in [-0.15, -0.1) is 0 Å². The van der Waals surface area contributed by atoms with Crippen LogP contribution in [-0.2, 0) is 12.8 Å². The molecular weight excluding hydrogens is 380 g/mol. The summed E-state index contributed by atoms with van der Waals surface area (Å²) in [7, 11) is 0. The Balaban J connectivity index is 1.51. The lowest BCUT2D eigenvalue weighted by Crippen LogP contribution is -2.15. The molecule has 150 valence electrons. The number of carbonyl (C=O) groups excluding carboxylic acids is 1. The smallest absolute Gasteiger partial charge is 0.256 e. The molecule has 0 fully saturated rings. The zero-order chi connectivity index (χ0) is 21.0. The number of nitrogens with one attached hydrogen (secondary N) is 1. The summed E-state index contributed by atoms with van der Waals surface area (Å²) >= 11 is 0. The van der Waals surface area contributed by atoms with Gasteiger partial charge in [0, 0.05) is 17.1 Å². The first-order valence-electron chi connectivity index (χ1n) is 10.5. The van der Waals surface area contributed by atoms with Crippen molar-refractivity contribution >= 4 is 33.3 Å². The number of amides is 1. The summed E-state index contributed by atoms with van der Waals surface area (Å²) in [5, 5.41) is 6.32. The molecule has 1 N–H and O–H groups in total. The quantitative estimate of drug-likeness (QED) is 0.368. The highest BCUT2D eigenvalue weighted by molar-refractivity contribution is 6.10. The Labute approximate surface area is 181 Å². The van der Waals surface area contributed by atoms with Crippen LogP contribution in [0.5, 0.6) is 0 Å². The second-order valence-electron chi connectivity index (χ2n) is 7.68. The fourth-order valence-corrected chi connectivity index (χ4v) is 4.02. The monoisotopic (exact) mass is 402 g/mol. The largest absolute Gasteiger partial charge is 0.320 e. The zero-order valence-electron chi connectivity index (χ0n) is 17.1. The van der Waals surface area contributed by atoms with Crippen LogP contribution < -0.4 is 5.32 Å². The topological polar surface area (TPSA) is 42.0 Å². The van der Waals surface area contributed by atoms with E-state index in [1.54, 1.807) is 6.20 Å². The van der Waals surface area contributed by atoms with Crippen molar-refractivity contribution in [3.63, 3.8) is 0 Å². The Morgan fingerprint density at radius 3 is 2.26 bits per heavy atom. The molecule has 0 spiro atoms. The number of para-hydroxylation sites is 1. The van der Waals surface area contributed by atoms with Crippen molar-refractivity contribution in [1.82, 2.24) is 4.98 Å². The zero-order valence-corrected chi connectivity index (χ0v) is 17.1. The van der Waals surface area contributed by atoms with Crippen molar-refractivity contribution in [2.45, 2.75) is 12.8 Å². The molecule has 4 aromatic carbocycles. The normalized spacial score (nSPS) is 11.0. The van der Waals surface area contributed by atoms with Gasteiger partial charge in [-0.05, 0) is 52.9 Å². The van der Waals surface area contributed by atoms with Gasteiger partial charge in [0.2, 0.25) is 0 Å². The standard InChI is InChI=1S/C28H22N2O/c31-28(30-26-14-6-12-21-13-7-17-29-27(21)26)25-19-23-11-5-4-10-22(23)18-24(25)16-15-20-8-2-1-3-9-20/h1-14,17-19H,15-16H2,(H,30,31). The molecule has 0 aliphatic heterocycles. The number of aryl methyl sites for hydroxylation is 2. The first-order chi connectivity index (χ1) is 15.3. The fourth-order valence-electron chi connectivity index (χ4n) is 4.02. The molecule has 3 nitrogen and oxygen atoms in total. The van der Waals surface area contributed by atoms with Crippen molar-refractivity contribution in [2.75, 3.05) is 5.32 Å². The number of fused-ring (bicyclic) bond motifs is 2. The second kappa shape index (κ2) is 8.41. The summed E-state index contributed by atoms with van der Waals surface area (Å²) in [5.41, 5.74) is 4.55. The fraction of sp³-hybridized carbons (Fsp3) is 0.0714. The number of aromatic nitrogens is 1. The van der Waals surface area contributed by atoms with Gasteiger partial charge in [0.1, 0.15) is 0 Å². The predicted molar refractivity (Wildman–Crippen MR) is 127 cm³/mol. The van der Waals surface area contributed by atoms with E-state index in [9.17, 15) is 4.79 Å².